The number of piperidine rings is 1. The van der Waals surface area contributed by atoms with E-state index in [0.29, 0.717) is 24.5 Å². The van der Waals surface area contributed by atoms with Crippen LogP contribution in [0, 0.1) is 0 Å². The minimum Gasteiger partial charge on any atom is -0.357 e. The molecule has 1 saturated heterocycles. The van der Waals surface area contributed by atoms with Gasteiger partial charge in [0.15, 0.2) is 5.96 Å². The molecule has 2 N–H and O–H groups in total. The van der Waals surface area contributed by atoms with E-state index in [1.165, 1.54) is 0 Å². The highest BCUT2D eigenvalue weighted by atomic mass is 32.2. The van der Waals surface area contributed by atoms with Gasteiger partial charge in [-0.1, -0.05) is 24.6 Å². The van der Waals surface area contributed by atoms with E-state index in [-0.39, 0.29) is 0 Å². The van der Waals surface area contributed by atoms with Crippen LogP contribution in [0.15, 0.2) is 58.5 Å². The number of benzene rings is 1. The second-order valence-electron chi connectivity index (χ2n) is 7.30. The van der Waals surface area contributed by atoms with E-state index in [1.54, 1.807) is 22.6 Å². The van der Waals surface area contributed by atoms with Crippen molar-refractivity contribution in [1.29, 1.82) is 0 Å². The lowest BCUT2D eigenvalue weighted by atomic mass is 10.2. The number of hydrogen-bond acceptors (Lipinski definition) is 4. The summed E-state index contributed by atoms with van der Waals surface area (Å²) in [5.74, 6) is 0.735. The van der Waals surface area contributed by atoms with Gasteiger partial charge in [-0.25, -0.2) is 13.4 Å². The largest absolute Gasteiger partial charge is 0.357 e. The second-order valence-corrected chi connectivity index (χ2v) is 9.24. The fourth-order valence-corrected chi connectivity index (χ4v) is 4.91. The summed E-state index contributed by atoms with van der Waals surface area (Å²) in [4.78, 5) is 9.29. The molecule has 0 amide bonds. The number of guanidine groups is 1. The molecule has 0 unspecified atom stereocenters. The third-order valence-electron chi connectivity index (χ3n) is 5.04. The highest BCUT2D eigenvalue weighted by Gasteiger charge is 2.25. The average Bonchev–Trinajstić information content (AvgIpc) is 2.79. The molecule has 8 heteroatoms. The van der Waals surface area contributed by atoms with Crippen LogP contribution >= 0.6 is 0 Å². The van der Waals surface area contributed by atoms with Gasteiger partial charge in [0, 0.05) is 44.5 Å². The van der Waals surface area contributed by atoms with Crippen LogP contribution in [0.3, 0.4) is 0 Å². The fraction of sp³-hybridized carbons (Fsp3) is 0.455. The Morgan fingerprint density at radius 2 is 1.83 bits per heavy atom. The summed E-state index contributed by atoms with van der Waals surface area (Å²) in [6, 6.07) is 13.0. The Morgan fingerprint density at radius 1 is 1.07 bits per heavy atom. The van der Waals surface area contributed by atoms with Crippen molar-refractivity contribution in [2.45, 2.75) is 44.0 Å². The maximum atomic E-state index is 12.8. The minimum absolute atomic E-state index is 0.359. The van der Waals surface area contributed by atoms with Crippen molar-refractivity contribution < 1.29 is 8.42 Å². The molecule has 1 fully saturated rings. The first-order valence-electron chi connectivity index (χ1n) is 10.6. The summed E-state index contributed by atoms with van der Waals surface area (Å²) in [6.45, 7) is 5.23. The van der Waals surface area contributed by atoms with Crippen LogP contribution in [0.2, 0.25) is 0 Å². The quantitative estimate of drug-likeness (QED) is 0.497. The van der Waals surface area contributed by atoms with E-state index in [1.807, 2.05) is 37.3 Å². The van der Waals surface area contributed by atoms with E-state index in [2.05, 4.69) is 20.6 Å². The van der Waals surface area contributed by atoms with E-state index in [4.69, 9.17) is 0 Å². The van der Waals surface area contributed by atoms with Gasteiger partial charge in [0.2, 0.25) is 10.0 Å². The number of hydrogen-bond donors (Lipinski definition) is 2. The summed E-state index contributed by atoms with van der Waals surface area (Å²) in [7, 11) is -3.39. The molecule has 30 heavy (non-hydrogen) atoms. The van der Waals surface area contributed by atoms with E-state index in [9.17, 15) is 8.42 Å². The third kappa shape index (κ3) is 6.27. The lowest BCUT2D eigenvalue weighted by Crippen LogP contribution is -2.38. The zero-order chi connectivity index (χ0) is 21.2. The van der Waals surface area contributed by atoms with Crippen molar-refractivity contribution >= 4 is 16.0 Å². The number of pyridine rings is 1. The third-order valence-corrected chi connectivity index (χ3v) is 6.95. The molecule has 2 aromatic rings. The Bertz CT molecular complexity index is 908. The van der Waals surface area contributed by atoms with Gasteiger partial charge in [0.25, 0.3) is 0 Å². The molecule has 1 aromatic heterocycles. The van der Waals surface area contributed by atoms with E-state index in [0.717, 1.165) is 56.0 Å². The number of sulfonamides is 1. The van der Waals surface area contributed by atoms with Crippen LogP contribution in [0.25, 0.3) is 0 Å². The molecule has 0 bridgehead atoms. The van der Waals surface area contributed by atoms with Crippen LogP contribution in [0.5, 0.6) is 0 Å². The monoisotopic (exact) mass is 429 g/mol. The van der Waals surface area contributed by atoms with Gasteiger partial charge in [-0.2, -0.15) is 4.31 Å². The minimum atomic E-state index is -3.39. The van der Waals surface area contributed by atoms with E-state index < -0.39 is 10.0 Å². The highest BCUT2D eigenvalue weighted by molar-refractivity contribution is 7.89. The van der Waals surface area contributed by atoms with Gasteiger partial charge in [-0.05, 0) is 49.6 Å². The fourth-order valence-electron chi connectivity index (χ4n) is 3.39. The number of nitrogens with one attached hydrogen (secondary N) is 2. The highest BCUT2D eigenvalue weighted by Crippen LogP contribution is 2.21. The van der Waals surface area contributed by atoms with E-state index >= 15 is 0 Å². The molecule has 7 nitrogen and oxygen atoms in total. The van der Waals surface area contributed by atoms with Gasteiger partial charge < -0.3 is 10.6 Å². The van der Waals surface area contributed by atoms with Gasteiger partial charge >= 0.3 is 0 Å². The van der Waals surface area contributed by atoms with Gasteiger partial charge in [-0.15, -0.1) is 0 Å². The van der Waals surface area contributed by atoms with Crippen molar-refractivity contribution in [3.05, 3.63) is 59.9 Å². The molecular weight excluding hydrogens is 398 g/mol. The molecule has 162 valence electrons. The lowest BCUT2D eigenvalue weighted by Gasteiger charge is -2.25. The maximum Gasteiger partial charge on any atom is 0.243 e. The van der Waals surface area contributed by atoms with Crippen molar-refractivity contribution in [2.75, 3.05) is 26.2 Å². The Balaban J connectivity index is 1.57. The van der Waals surface area contributed by atoms with Crippen molar-refractivity contribution in [3.63, 3.8) is 0 Å². The summed E-state index contributed by atoms with van der Waals surface area (Å²) < 4.78 is 27.1. The molecule has 1 aliphatic rings. The Morgan fingerprint density at radius 3 is 2.50 bits per heavy atom. The molecule has 0 saturated carbocycles. The zero-order valence-corrected chi connectivity index (χ0v) is 18.4. The summed E-state index contributed by atoms with van der Waals surface area (Å²) >= 11 is 0. The number of aliphatic imine (C=N–C) groups is 1. The van der Waals surface area contributed by atoms with Crippen molar-refractivity contribution in [3.8, 4) is 0 Å². The molecule has 0 atom stereocenters. The number of rotatable bonds is 8. The summed E-state index contributed by atoms with van der Waals surface area (Å²) in [5.41, 5.74) is 2.00. The molecule has 0 aliphatic carbocycles. The smallest absolute Gasteiger partial charge is 0.243 e. The molecule has 0 spiro atoms. The Hall–Kier alpha value is -2.45. The standard InChI is InChI=1S/C22H31N5O2S/c1-2-23-22(25-15-13-20-8-4-5-14-24-20)26-18-19-9-11-21(12-10-19)30(28,29)27-16-6-3-7-17-27/h4-5,8-12,14H,2-3,6-7,13,15-18H2,1H3,(H2,23,25,26). The van der Waals surface area contributed by atoms with Crippen LogP contribution in [0.1, 0.15) is 37.4 Å². The first-order chi connectivity index (χ1) is 14.6. The predicted molar refractivity (Wildman–Crippen MR) is 120 cm³/mol. The zero-order valence-electron chi connectivity index (χ0n) is 17.5. The SMILES string of the molecule is CCNC(=NCc1ccc(S(=O)(=O)N2CCCCC2)cc1)NCCc1ccccn1. The molecular formula is C22H31N5O2S. The van der Waals surface area contributed by atoms with Gasteiger partial charge in [0.1, 0.15) is 0 Å². The molecule has 1 aliphatic heterocycles. The van der Waals surface area contributed by atoms with Crippen LogP contribution in [-0.4, -0.2) is 49.8 Å². The van der Waals surface area contributed by atoms with Crippen molar-refractivity contribution in [2.24, 2.45) is 4.99 Å². The number of nitrogens with zero attached hydrogens (tertiary/aromatic N) is 3. The van der Waals surface area contributed by atoms with Crippen molar-refractivity contribution in [1.82, 2.24) is 19.9 Å². The van der Waals surface area contributed by atoms with Gasteiger partial charge in [-0.3, -0.25) is 4.98 Å². The lowest BCUT2D eigenvalue weighted by molar-refractivity contribution is 0.346. The van der Waals surface area contributed by atoms with Crippen LogP contribution in [0.4, 0.5) is 0 Å². The predicted octanol–water partition coefficient (Wildman–Crippen LogP) is 2.55. The average molecular weight is 430 g/mol. The summed E-state index contributed by atoms with van der Waals surface area (Å²) in [6.07, 6.45) is 5.59. The molecule has 2 heterocycles. The first kappa shape index (κ1) is 22.2. The molecule has 1 aromatic carbocycles. The first-order valence-corrected chi connectivity index (χ1v) is 12.0. The molecule has 3 rings (SSSR count). The van der Waals surface area contributed by atoms with Crippen LogP contribution < -0.4 is 10.6 Å². The summed E-state index contributed by atoms with van der Waals surface area (Å²) in [5, 5.41) is 6.55. The van der Waals surface area contributed by atoms with Gasteiger partial charge in [0.05, 0.1) is 11.4 Å². The number of aromatic nitrogens is 1. The second kappa shape index (κ2) is 11.1. The normalized spacial score (nSPS) is 15.7. The molecule has 0 radical (unpaired) electrons. The maximum absolute atomic E-state index is 12.8. The van der Waals surface area contributed by atoms with Crippen LogP contribution in [-0.2, 0) is 23.0 Å². The Labute approximate surface area is 179 Å². The topological polar surface area (TPSA) is 86.7 Å². The Kier molecular flexibility index (Phi) is 8.21.